The summed E-state index contributed by atoms with van der Waals surface area (Å²) >= 11 is 0. The lowest BCUT2D eigenvalue weighted by molar-refractivity contribution is -0.122. The van der Waals surface area contributed by atoms with E-state index in [1.54, 1.807) is 0 Å². The highest BCUT2D eigenvalue weighted by Gasteiger charge is 2.31. The molecule has 1 aliphatic heterocycles. The second kappa shape index (κ2) is 6.74. The maximum Gasteiger partial charge on any atom is 0.221 e. The molecule has 2 N–H and O–H groups in total. The Morgan fingerprint density at radius 3 is 2.53 bits per heavy atom. The van der Waals surface area contributed by atoms with Crippen LogP contribution in [0.2, 0.25) is 0 Å². The van der Waals surface area contributed by atoms with Gasteiger partial charge in [-0.2, -0.15) is 0 Å². The lowest BCUT2D eigenvalue weighted by Crippen LogP contribution is -2.41. The van der Waals surface area contributed by atoms with Crippen molar-refractivity contribution in [3.63, 3.8) is 0 Å². The molecule has 2 rings (SSSR count). The predicted octanol–water partition coefficient (Wildman–Crippen LogP) is 2.85. The number of carbonyl (C=O) groups is 1. The van der Waals surface area contributed by atoms with Gasteiger partial charge in [-0.3, -0.25) is 4.79 Å². The molecule has 3 heteroatoms. The molecular formula is C16H30N2O. The molecular weight excluding hydrogens is 236 g/mol. The zero-order chi connectivity index (χ0) is 13.7. The van der Waals surface area contributed by atoms with Gasteiger partial charge in [0.15, 0.2) is 0 Å². The third-order valence-electron chi connectivity index (χ3n) is 5.05. The van der Waals surface area contributed by atoms with E-state index in [9.17, 15) is 4.79 Å². The normalized spacial score (nSPS) is 25.5. The van der Waals surface area contributed by atoms with E-state index in [-0.39, 0.29) is 11.3 Å². The Labute approximate surface area is 117 Å². The van der Waals surface area contributed by atoms with Crippen LogP contribution in [-0.2, 0) is 4.79 Å². The van der Waals surface area contributed by atoms with Crippen molar-refractivity contribution >= 4 is 5.91 Å². The van der Waals surface area contributed by atoms with Crippen molar-refractivity contribution in [3.8, 4) is 0 Å². The van der Waals surface area contributed by atoms with E-state index >= 15 is 0 Å². The van der Waals surface area contributed by atoms with Gasteiger partial charge in [0.1, 0.15) is 0 Å². The fourth-order valence-corrected chi connectivity index (χ4v) is 3.58. The summed E-state index contributed by atoms with van der Waals surface area (Å²) in [7, 11) is 0. The summed E-state index contributed by atoms with van der Waals surface area (Å²) in [5.74, 6) is 1.01. The minimum atomic E-state index is 0.225. The van der Waals surface area contributed by atoms with Gasteiger partial charge < -0.3 is 10.6 Å². The van der Waals surface area contributed by atoms with E-state index in [0.717, 1.165) is 25.4 Å². The average molecular weight is 266 g/mol. The molecule has 1 amide bonds. The predicted molar refractivity (Wildman–Crippen MR) is 79.0 cm³/mol. The molecule has 1 saturated carbocycles. The number of hydrogen-bond acceptors (Lipinski definition) is 2. The molecule has 1 atom stereocenters. The largest absolute Gasteiger partial charge is 0.356 e. The lowest BCUT2D eigenvalue weighted by atomic mass is 9.71. The van der Waals surface area contributed by atoms with Crippen molar-refractivity contribution in [1.29, 1.82) is 0 Å². The summed E-state index contributed by atoms with van der Waals surface area (Å²) in [5.41, 5.74) is 0.249. The number of rotatable bonds is 5. The lowest BCUT2D eigenvalue weighted by Gasteiger charge is -2.37. The zero-order valence-corrected chi connectivity index (χ0v) is 12.6. The number of nitrogens with one attached hydrogen (secondary N) is 2. The van der Waals surface area contributed by atoms with Crippen LogP contribution in [0, 0.1) is 11.3 Å². The Kier molecular flexibility index (Phi) is 5.26. The Balaban J connectivity index is 1.71. The van der Waals surface area contributed by atoms with E-state index in [4.69, 9.17) is 0 Å². The van der Waals surface area contributed by atoms with Crippen molar-refractivity contribution in [3.05, 3.63) is 0 Å². The van der Waals surface area contributed by atoms with Crippen LogP contribution in [-0.4, -0.2) is 25.0 Å². The maximum atomic E-state index is 12.0. The quantitative estimate of drug-likeness (QED) is 0.803. The maximum absolute atomic E-state index is 12.0. The molecule has 0 aromatic carbocycles. The fourth-order valence-electron chi connectivity index (χ4n) is 3.58. The standard InChI is InChI=1S/C16H30N2O/c1-16(2,13-7-4-3-5-8-13)12-18-15(19)11-14-9-6-10-17-14/h13-14,17H,3-12H2,1-2H3,(H,18,19). The second-order valence-electron chi connectivity index (χ2n) is 7.10. The third kappa shape index (κ3) is 4.48. The Morgan fingerprint density at radius 1 is 1.16 bits per heavy atom. The average Bonchev–Trinajstić information content (AvgIpc) is 2.90. The van der Waals surface area contributed by atoms with Crippen LogP contribution >= 0.6 is 0 Å². The molecule has 1 unspecified atom stereocenters. The summed E-state index contributed by atoms with van der Waals surface area (Å²) in [4.78, 5) is 12.0. The van der Waals surface area contributed by atoms with E-state index in [1.807, 2.05) is 0 Å². The molecule has 0 aromatic rings. The van der Waals surface area contributed by atoms with Gasteiger partial charge in [-0.1, -0.05) is 33.1 Å². The first kappa shape index (κ1) is 14.8. The highest BCUT2D eigenvalue weighted by Crippen LogP contribution is 2.37. The van der Waals surface area contributed by atoms with Gasteiger partial charge in [-0.15, -0.1) is 0 Å². The van der Waals surface area contributed by atoms with Gasteiger partial charge in [0, 0.05) is 19.0 Å². The second-order valence-corrected chi connectivity index (χ2v) is 7.10. The van der Waals surface area contributed by atoms with Crippen molar-refractivity contribution in [2.75, 3.05) is 13.1 Å². The van der Waals surface area contributed by atoms with Crippen molar-refractivity contribution in [2.24, 2.45) is 11.3 Å². The number of hydrogen-bond donors (Lipinski definition) is 2. The van der Waals surface area contributed by atoms with Crippen LogP contribution < -0.4 is 10.6 Å². The van der Waals surface area contributed by atoms with Crippen molar-refractivity contribution < 1.29 is 4.79 Å². The Morgan fingerprint density at radius 2 is 1.89 bits per heavy atom. The van der Waals surface area contributed by atoms with Crippen LogP contribution in [0.3, 0.4) is 0 Å². The first-order chi connectivity index (χ1) is 9.08. The van der Waals surface area contributed by atoms with Crippen LogP contribution in [0.15, 0.2) is 0 Å². The Bertz CT molecular complexity index is 289. The molecule has 1 heterocycles. The van der Waals surface area contributed by atoms with Gasteiger partial charge in [0.05, 0.1) is 0 Å². The molecule has 0 radical (unpaired) electrons. The summed E-state index contributed by atoms with van der Waals surface area (Å²) < 4.78 is 0. The minimum Gasteiger partial charge on any atom is -0.356 e. The van der Waals surface area contributed by atoms with Crippen LogP contribution in [0.5, 0.6) is 0 Å². The molecule has 19 heavy (non-hydrogen) atoms. The van der Waals surface area contributed by atoms with E-state index in [0.29, 0.717) is 12.5 Å². The molecule has 0 spiro atoms. The van der Waals surface area contributed by atoms with Crippen molar-refractivity contribution in [1.82, 2.24) is 10.6 Å². The monoisotopic (exact) mass is 266 g/mol. The fraction of sp³-hybridized carbons (Fsp3) is 0.938. The topological polar surface area (TPSA) is 41.1 Å². The van der Waals surface area contributed by atoms with E-state index in [1.165, 1.54) is 38.5 Å². The van der Waals surface area contributed by atoms with Gasteiger partial charge in [0.25, 0.3) is 0 Å². The summed E-state index contributed by atoms with van der Waals surface area (Å²) in [6.45, 7) is 6.54. The van der Waals surface area contributed by atoms with Gasteiger partial charge in [-0.25, -0.2) is 0 Å². The zero-order valence-electron chi connectivity index (χ0n) is 12.6. The van der Waals surface area contributed by atoms with E-state index < -0.39 is 0 Å². The number of amides is 1. The summed E-state index contributed by atoms with van der Waals surface area (Å²) in [6.07, 6.45) is 9.83. The van der Waals surface area contributed by atoms with Gasteiger partial charge in [0.2, 0.25) is 5.91 Å². The molecule has 0 aromatic heterocycles. The molecule has 1 aliphatic carbocycles. The molecule has 2 fully saturated rings. The van der Waals surface area contributed by atoms with Gasteiger partial charge >= 0.3 is 0 Å². The molecule has 3 nitrogen and oxygen atoms in total. The van der Waals surface area contributed by atoms with Crippen LogP contribution in [0.25, 0.3) is 0 Å². The molecule has 110 valence electrons. The van der Waals surface area contributed by atoms with Crippen LogP contribution in [0.1, 0.15) is 65.2 Å². The van der Waals surface area contributed by atoms with Gasteiger partial charge in [-0.05, 0) is 43.6 Å². The summed E-state index contributed by atoms with van der Waals surface area (Å²) in [5, 5.41) is 6.56. The minimum absolute atomic E-state index is 0.225. The third-order valence-corrected chi connectivity index (χ3v) is 5.05. The first-order valence-corrected chi connectivity index (χ1v) is 8.08. The Hall–Kier alpha value is -0.570. The number of carbonyl (C=O) groups excluding carboxylic acids is 1. The summed E-state index contributed by atoms with van der Waals surface area (Å²) in [6, 6.07) is 0.415. The van der Waals surface area contributed by atoms with E-state index in [2.05, 4.69) is 24.5 Å². The highest BCUT2D eigenvalue weighted by molar-refractivity contribution is 5.76. The SMILES string of the molecule is CC(C)(CNC(=O)CC1CCCN1)C1CCCCC1. The first-order valence-electron chi connectivity index (χ1n) is 8.08. The molecule has 2 aliphatic rings. The van der Waals surface area contributed by atoms with Crippen LogP contribution in [0.4, 0.5) is 0 Å². The highest BCUT2D eigenvalue weighted by atomic mass is 16.1. The molecule has 0 bridgehead atoms. The smallest absolute Gasteiger partial charge is 0.221 e. The molecule has 1 saturated heterocycles. The van der Waals surface area contributed by atoms with Crippen molar-refractivity contribution in [2.45, 2.75) is 71.3 Å².